The van der Waals surface area contributed by atoms with E-state index in [1.54, 1.807) is 0 Å². The van der Waals surface area contributed by atoms with Crippen LogP contribution in [0.4, 0.5) is 11.4 Å². The number of nitrogens with one attached hydrogen (secondary N) is 2. The first-order valence-corrected chi connectivity index (χ1v) is 8.18. The van der Waals surface area contributed by atoms with Crippen LogP contribution < -0.4 is 10.6 Å². The predicted molar refractivity (Wildman–Crippen MR) is 93.4 cm³/mol. The highest BCUT2D eigenvalue weighted by molar-refractivity contribution is 7.80. The molecule has 0 aliphatic heterocycles. The van der Waals surface area contributed by atoms with E-state index >= 15 is 0 Å². The molecule has 2 N–H and O–H groups in total. The van der Waals surface area contributed by atoms with E-state index in [9.17, 15) is 10.1 Å². The molecule has 120 valence electrons. The molecule has 0 saturated heterocycles. The third kappa shape index (κ3) is 4.08. The summed E-state index contributed by atoms with van der Waals surface area (Å²) < 4.78 is 0. The van der Waals surface area contributed by atoms with Crippen LogP contribution in [-0.4, -0.2) is 16.1 Å². The molecule has 1 aliphatic rings. The number of non-ortho nitro benzene ring substituents is 1. The molecule has 7 heteroatoms. The van der Waals surface area contributed by atoms with Crippen LogP contribution >= 0.6 is 23.8 Å². The molecule has 2 rings (SSSR count). The molecule has 0 bridgehead atoms. The number of anilines is 1. The molecule has 0 spiro atoms. The fourth-order valence-corrected chi connectivity index (χ4v) is 3.26. The third-order valence-corrected chi connectivity index (χ3v) is 4.98. The first kappa shape index (κ1) is 17.0. The number of nitro groups is 1. The van der Waals surface area contributed by atoms with Crippen molar-refractivity contribution < 1.29 is 4.92 Å². The molecule has 1 aromatic carbocycles. The molecule has 1 saturated carbocycles. The van der Waals surface area contributed by atoms with E-state index in [2.05, 4.69) is 24.5 Å². The SMILES string of the molecule is C[C@@H]1[C@H](C)CCC[C@H]1NC(=S)Nc1cc([N+](=O)[O-])ccc1Cl. The van der Waals surface area contributed by atoms with Crippen LogP contribution in [-0.2, 0) is 0 Å². The van der Waals surface area contributed by atoms with Gasteiger partial charge in [-0.15, -0.1) is 0 Å². The number of hydrogen-bond acceptors (Lipinski definition) is 3. The molecule has 3 atom stereocenters. The van der Waals surface area contributed by atoms with Crippen LogP contribution in [0.3, 0.4) is 0 Å². The van der Waals surface area contributed by atoms with Crippen molar-refractivity contribution in [3.05, 3.63) is 33.3 Å². The lowest BCUT2D eigenvalue weighted by molar-refractivity contribution is -0.384. The summed E-state index contributed by atoms with van der Waals surface area (Å²) >= 11 is 11.4. The van der Waals surface area contributed by atoms with E-state index in [-0.39, 0.29) is 5.69 Å². The summed E-state index contributed by atoms with van der Waals surface area (Å²) in [5, 5.41) is 18.0. The lowest BCUT2D eigenvalue weighted by Crippen LogP contribution is -2.45. The van der Waals surface area contributed by atoms with Crippen LogP contribution in [0.5, 0.6) is 0 Å². The molecule has 1 aliphatic carbocycles. The summed E-state index contributed by atoms with van der Waals surface area (Å²) in [5.74, 6) is 1.20. The maximum atomic E-state index is 10.8. The van der Waals surface area contributed by atoms with E-state index in [0.29, 0.717) is 33.7 Å². The van der Waals surface area contributed by atoms with Crippen LogP contribution in [0, 0.1) is 22.0 Å². The normalized spacial score (nSPS) is 24.6. The highest BCUT2D eigenvalue weighted by atomic mass is 35.5. The molecule has 0 radical (unpaired) electrons. The van der Waals surface area contributed by atoms with Crippen molar-refractivity contribution in [3.63, 3.8) is 0 Å². The van der Waals surface area contributed by atoms with Gasteiger partial charge in [0, 0.05) is 18.2 Å². The molecule has 22 heavy (non-hydrogen) atoms. The smallest absolute Gasteiger partial charge is 0.271 e. The minimum absolute atomic E-state index is 0.0191. The van der Waals surface area contributed by atoms with Crippen molar-refractivity contribution >= 4 is 40.3 Å². The maximum Gasteiger partial charge on any atom is 0.271 e. The fraction of sp³-hybridized carbons (Fsp3) is 0.533. The van der Waals surface area contributed by atoms with E-state index in [1.165, 1.54) is 31.0 Å². The zero-order chi connectivity index (χ0) is 16.3. The van der Waals surface area contributed by atoms with Crippen LogP contribution in [0.15, 0.2) is 18.2 Å². The van der Waals surface area contributed by atoms with Crippen molar-refractivity contribution in [2.45, 2.75) is 39.2 Å². The molecule has 1 aromatic rings. The summed E-state index contributed by atoms with van der Waals surface area (Å²) in [6.07, 6.45) is 3.51. The average Bonchev–Trinajstić information content (AvgIpc) is 2.46. The second kappa shape index (κ2) is 7.24. The van der Waals surface area contributed by atoms with Crippen molar-refractivity contribution in [1.82, 2.24) is 5.32 Å². The zero-order valence-electron chi connectivity index (χ0n) is 12.6. The predicted octanol–water partition coefficient (Wildman–Crippen LogP) is 4.36. The largest absolute Gasteiger partial charge is 0.359 e. The lowest BCUT2D eigenvalue weighted by Gasteiger charge is -2.35. The summed E-state index contributed by atoms with van der Waals surface area (Å²) in [6.45, 7) is 4.48. The maximum absolute atomic E-state index is 10.8. The van der Waals surface area contributed by atoms with Gasteiger partial charge in [0.1, 0.15) is 0 Å². The molecular weight excluding hydrogens is 322 g/mol. The van der Waals surface area contributed by atoms with Gasteiger partial charge in [-0.3, -0.25) is 10.1 Å². The fourth-order valence-electron chi connectivity index (χ4n) is 2.84. The van der Waals surface area contributed by atoms with Gasteiger partial charge in [0.25, 0.3) is 5.69 Å². The number of rotatable bonds is 3. The molecule has 1 fully saturated rings. The van der Waals surface area contributed by atoms with Gasteiger partial charge in [-0.2, -0.15) is 0 Å². The number of nitro benzene ring substituents is 1. The van der Waals surface area contributed by atoms with Crippen LogP contribution in [0.2, 0.25) is 5.02 Å². The number of halogens is 1. The van der Waals surface area contributed by atoms with Crippen molar-refractivity contribution in [1.29, 1.82) is 0 Å². The molecule has 5 nitrogen and oxygen atoms in total. The molecule has 0 amide bonds. The Kier molecular flexibility index (Phi) is 5.58. The van der Waals surface area contributed by atoms with Crippen molar-refractivity contribution in [2.24, 2.45) is 11.8 Å². The summed E-state index contributed by atoms with van der Waals surface area (Å²) in [5.41, 5.74) is 0.430. The first-order valence-electron chi connectivity index (χ1n) is 7.40. The third-order valence-electron chi connectivity index (χ3n) is 4.43. The van der Waals surface area contributed by atoms with Gasteiger partial charge in [-0.25, -0.2) is 0 Å². The Morgan fingerprint density at radius 2 is 2.14 bits per heavy atom. The Labute approximate surface area is 140 Å². The Bertz CT molecular complexity index is 582. The van der Waals surface area contributed by atoms with Crippen molar-refractivity contribution in [3.8, 4) is 0 Å². The van der Waals surface area contributed by atoms with E-state index in [4.69, 9.17) is 23.8 Å². The second-order valence-corrected chi connectivity index (χ2v) is 6.71. The summed E-state index contributed by atoms with van der Waals surface area (Å²) in [7, 11) is 0. The van der Waals surface area contributed by atoms with Gasteiger partial charge in [-0.1, -0.05) is 38.3 Å². The monoisotopic (exact) mass is 341 g/mol. The number of hydrogen-bond donors (Lipinski definition) is 2. The lowest BCUT2D eigenvalue weighted by atomic mass is 9.78. The first-order chi connectivity index (χ1) is 10.4. The van der Waals surface area contributed by atoms with E-state index < -0.39 is 4.92 Å². The Morgan fingerprint density at radius 1 is 1.41 bits per heavy atom. The molecule has 0 heterocycles. The zero-order valence-corrected chi connectivity index (χ0v) is 14.2. The average molecular weight is 342 g/mol. The van der Waals surface area contributed by atoms with Crippen molar-refractivity contribution in [2.75, 3.05) is 5.32 Å². The van der Waals surface area contributed by atoms with Gasteiger partial charge in [0.15, 0.2) is 5.11 Å². The Morgan fingerprint density at radius 3 is 2.82 bits per heavy atom. The van der Waals surface area contributed by atoms with Gasteiger partial charge in [-0.05, 0) is 36.5 Å². The standard InChI is InChI=1S/C15H20ClN3O2S/c1-9-4-3-5-13(10(9)2)17-15(22)18-14-8-11(19(20)21)6-7-12(14)16/h6-10,13H,3-5H2,1-2H3,(H2,17,18,22)/t9-,10-,13-/m1/s1. The van der Waals surface area contributed by atoms with Gasteiger partial charge in [0.2, 0.25) is 0 Å². The number of thiocarbonyl (C=S) groups is 1. The molecule has 0 unspecified atom stereocenters. The highest BCUT2D eigenvalue weighted by Crippen LogP contribution is 2.30. The molecular formula is C15H20ClN3O2S. The molecule has 0 aromatic heterocycles. The van der Waals surface area contributed by atoms with Crippen LogP contribution in [0.1, 0.15) is 33.1 Å². The van der Waals surface area contributed by atoms with Gasteiger partial charge >= 0.3 is 0 Å². The van der Waals surface area contributed by atoms with E-state index in [0.717, 1.165) is 6.42 Å². The Balaban J connectivity index is 2.03. The summed E-state index contributed by atoms with van der Waals surface area (Å²) in [6, 6.07) is 4.58. The number of nitrogens with zero attached hydrogens (tertiary/aromatic N) is 1. The second-order valence-electron chi connectivity index (χ2n) is 5.89. The highest BCUT2D eigenvalue weighted by Gasteiger charge is 2.27. The minimum Gasteiger partial charge on any atom is -0.359 e. The Hall–Kier alpha value is -1.40. The van der Waals surface area contributed by atoms with E-state index in [1.807, 2.05) is 0 Å². The quantitative estimate of drug-likeness (QED) is 0.485. The summed E-state index contributed by atoms with van der Waals surface area (Å²) in [4.78, 5) is 10.4. The number of benzene rings is 1. The topological polar surface area (TPSA) is 67.2 Å². The van der Waals surface area contributed by atoms with Gasteiger partial charge in [0.05, 0.1) is 15.6 Å². The minimum atomic E-state index is -0.455. The van der Waals surface area contributed by atoms with Gasteiger partial charge < -0.3 is 10.6 Å². The van der Waals surface area contributed by atoms with Crippen LogP contribution in [0.25, 0.3) is 0 Å².